The van der Waals surface area contributed by atoms with Gasteiger partial charge in [-0.05, 0) is 41.7 Å². The van der Waals surface area contributed by atoms with E-state index in [9.17, 15) is 24.6 Å². The third-order valence-corrected chi connectivity index (χ3v) is 6.50. The van der Waals surface area contributed by atoms with Crippen molar-refractivity contribution in [3.63, 3.8) is 0 Å². The van der Waals surface area contributed by atoms with Crippen LogP contribution in [0.5, 0.6) is 0 Å². The molecule has 0 amide bonds. The first-order valence-corrected chi connectivity index (χ1v) is 11.0. The molecule has 0 radical (unpaired) electrons. The number of hydrogen-bond acceptors (Lipinski definition) is 6. The van der Waals surface area contributed by atoms with Crippen molar-refractivity contribution in [2.45, 2.75) is 32.6 Å². The summed E-state index contributed by atoms with van der Waals surface area (Å²) in [6.07, 6.45) is 0.737. The van der Waals surface area contributed by atoms with Gasteiger partial charge >= 0.3 is 5.69 Å². The molecule has 2 aromatic carbocycles. The minimum atomic E-state index is -0.981. The molecule has 0 bridgehead atoms. The van der Waals surface area contributed by atoms with Gasteiger partial charge in [-0.1, -0.05) is 41.9 Å². The van der Waals surface area contributed by atoms with Crippen LogP contribution >= 0.6 is 15.9 Å². The van der Waals surface area contributed by atoms with Gasteiger partial charge in [0.05, 0.1) is 28.2 Å². The van der Waals surface area contributed by atoms with E-state index in [-0.39, 0.29) is 29.3 Å². The summed E-state index contributed by atoms with van der Waals surface area (Å²) in [5.74, 6) is -1.69. The fraction of sp³-hybridized carbons (Fsp3) is 0.250. The van der Waals surface area contributed by atoms with Gasteiger partial charge in [0.25, 0.3) is 0 Å². The Kier molecular flexibility index (Phi) is 5.58. The van der Waals surface area contributed by atoms with Crippen molar-refractivity contribution < 1.29 is 14.1 Å². The molecule has 33 heavy (non-hydrogen) atoms. The fourth-order valence-corrected chi connectivity index (χ4v) is 4.84. The smallest absolute Gasteiger partial charge is 0.306 e. The molecule has 0 aromatic heterocycles. The minimum Gasteiger partial charge on any atom is -0.384 e. The molecule has 0 spiro atoms. The molecule has 1 aliphatic heterocycles. The predicted molar refractivity (Wildman–Crippen MR) is 124 cm³/mol. The highest BCUT2D eigenvalue weighted by atomic mass is 79.9. The van der Waals surface area contributed by atoms with E-state index in [1.54, 1.807) is 0 Å². The number of allylic oxidation sites excluding steroid dienone is 3. The number of ketones is 1. The largest absolute Gasteiger partial charge is 0.384 e. The zero-order valence-electron chi connectivity index (χ0n) is 17.9. The molecular formula is C24H20BrFN4O3. The van der Waals surface area contributed by atoms with Crippen molar-refractivity contribution in [1.82, 2.24) is 0 Å². The minimum absolute atomic E-state index is 0.0653. The first-order valence-electron chi connectivity index (χ1n) is 10.2. The number of nitriles is 1. The van der Waals surface area contributed by atoms with E-state index in [1.165, 1.54) is 11.0 Å². The standard InChI is InChI=1S/C24H20BrFN4O3/c1-24(2)10-19-22(20(31)11-24)21(13-3-5-14(25)6-4-13)16(12-27)23(28)29(19)15-7-8-17(26)18(9-15)30(32)33/h3-9,21H,10-11,28H2,1-2H3/t21-/m0/s1. The van der Waals surface area contributed by atoms with Crippen LogP contribution in [0.3, 0.4) is 0 Å². The summed E-state index contributed by atoms with van der Waals surface area (Å²) in [5.41, 5.74) is 7.52. The number of rotatable bonds is 3. The number of nitro benzene ring substituents is 1. The molecule has 2 aliphatic rings. The summed E-state index contributed by atoms with van der Waals surface area (Å²) in [5, 5.41) is 21.4. The van der Waals surface area contributed by atoms with E-state index in [0.717, 1.165) is 22.2 Å². The third kappa shape index (κ3) is 3.91. The molecule has 0 saturated carbocycles. The molecule has 1 aliphatic carbocycles. The number of benzene rings is 2. The van der Waals surface area contributed by atoms with Gasteiger partial charge in [-0.15, -0.1) is 0 Å². The van der Waals surface area contributed by atoms with Crippen molar-refractivity contribution in [2.75, 3.05) is 4.90 Å². The molecule has 1 heterocycles. The van der Waals surface area contributed by atoms with Gasteiger partial charge in [0.1, 0.15) is 5.82 Å². The number of nitrogens with two attached hydrogens (primary N) is 1. The Hall–Kier alpha value is -3.51. The van der Waals surface area contributed by atoms with Crippen LogP contribution in [0, 0.1) is 32.7 Å². The quantitative estimate of drug-likeness (QED) is 0.434. The molecule has 1 atom stereocenters. The summed E-state index contributed by atoms with van der Waals surface area (Å²) in [7, 11) is 0. The second-order valence-corrected chi connectivity index (χ2v) is 9.84. The first kappa shape index (κ1) is 22.7. The average Bonchev–Trinajstić information content (AvgIpc) is 2.73. The SMILES string of the molecule is CC1(C)CC(=O)C2=C(C1)N(c1ccc(F)c([N+](=O)[O-])c1)C(N)=C(C#N)[C@@H]2c1ccc(Br)cc1. The number of anilines is 1. The Morgan fingerprint density at radius 2 is 1.91 bits per heavy atom. The van der Waals surface area contributed by atoms with Crippen LogP contribution in [-0.2, 0) is 4.79 Å². The normalized spacial score (nSPS) is 19.9. The van der Waals surface area contributed by atoms with Gasteiger partial charge in [-0.25, -0.2) is 0 Å². The van der Waals surface area contributed by atoms with Crippen LogP contribution in [0.25, 0.3) is 0 Å². The lowest BCUT2D eigenvalue weighted by atomic mass is 9.68. The number of Topliss-reactive ketones (excluding diaryl/α,β-unsaturated/α-hetero) is 1. The van der Waals surface area contributed by atoms with Crippen LogP contribution in [-0.4, -0.2) is 10.7 Å². The Labute approximate surface area is 198 Å². The summed E-state index contributed by atoms with van der Waals surface area (Å²) in [6, 6.07) is 12.9. The number of nitro groups is 1. The molecule has 168 valence electrons. The molecule has 2 aromatic rings. The number of halogens is 2. The van der Waals surface area contributed by atoms with E-state index in [4.69, 9.17) is 5.73 Å². The first-order chi connectivity index (χ1) is 15.5. The number of hydrogen-bond donors (Lipinski definition) is 1. The van der Waals surface area contributed by atoms with E-state index in [0.29, 0.717) is 17.7 Å². The van der Waals surface area contributed by atoms with E-state index >= 15 is 0 Å². The van der Waals surface area contributed by atoms with Crippen molar-refractivity contribution >= 4 is 33.1 Å². The van der Waals surface area contributed by atoms with Gasteiger partial charge in [-0.3, -0.25) is 19.8 Å². The van der Waals surface area contributed by atoms with Gasteiger partial charge in [0.15, 0.2) is 5.78 Å². The summed E-state index contributed by atoms with van der Waals surface area (Å²) in [6.45, 7) is 3.91. The van der Waals surface area contributed by atoms with Crippen molar-refractivity contribution in [1.29, 1.82) is 5.26 Å². The highest BCUT2D eigenvalue weighted by Crippen LogP contribution is 2.50. The van der Waals surface area contributed by atoms with Crippen LogP contribution in [0.1, 0.15) is 38.2 Å². The number of carbonyl (C=O) groups is 1. The molecule has 0 fully saturated rings. The van der Waals surface area contributed by atoms with Gasteiger partial charge in [0.2, 0.25) is 5.82 Å². The molecule has 7 nitrogen and oxygen atoms in total. The maximum absolute atomic E-state index is 14.0. The maximum Gasteiger partial charge on any atom is 0.306 e. The molecule has 9 heteroatoms. The van der Waals surface area contributed by atoms with Crippen LogP contribution in [0.4, 0.5) is 15.8 Å². The Balaban J connectivity index is 2.00. The fourth-order valence-electron chi connectivity index (χ4n) is 4.57. The lowest BCUT2D eigenvalue weighted by molar-refractivity contribution is -0.387. The topological polar surface area (TPSA) is 113 Å². The Morgan fingerprint density at radius 3 is 2.52 bits per heavy atom. The Bertz CT molecular complexity index is 1290. The van der Waals surface area contributed by atoms with Crippen LogP contribution < -0.4 is 10.6 Å². The predicted octanol–water partition coefficient (Wildman–Crippen LogP) is 5.44. The lowest BCUT2D eigenvalue weighted by Gasteiger charge is -2.43. The molecular weight excluding hydrogens is 491 g/mol. The number of nitrogens with zero attached hydrogens (tertiary/aromatic N) is 3. The highest BCUT2D eigenvalue weighted by Gasteiger charge is 2.44. The molecule has 2 N–H and O–H groups in total. The van der Waals surface area contributed by atoms with E-state index < -0.39 is 27.8 Å². The van der Waals surface area contributed by atoms with E-state index in [2.05, 4.69) is 22.0 Å². The summed E-state index contributed by atoms with van der Waals surface area (Å²) < 4.78 is 14.9. The maximum atomic E-state index is 14.0. The van der Waals surface area contributed by atoms with Gasteiger partial charge in [0, 0.05) is 28.2 Å². The van der Waals surface area contributed by atoms with Crippen molar-refractivity contribution in [3.8, 4) is 6.07 Å². The molecule has 0 saturated heterocycles. The van der Waals surface area contributed by atoms with Crippen LogP contribution in [0.15, 0.2) is 69.6 Å². The second kappa shape index (κ2) is 8.12. The zero-order chi connectivity index (χ0) is 24.1. The van der Waals surface area contributed by atoms with Gasteiger partial charge in [-0.2, -0.15) is 9.65 Å². The number of carbonyl (C=O) groups excluding carboxylic acids is 1. The van der Waals surface area contributed by atoms with Gasteiger partial charge < -0.3 is 5.73 Å². The van der Waals surface area contributed by atoms with Crippen LogP contribution in [0.2, 0.25) is 0 Å². The van der Waals surface area contributed by atoms with Crippen molar-refractivity contribution in [3.05, 3.63) is 91.1 Å². The average molecular weight is 511 g/mol. The van der Waals surface area contributed by atoms with E-state index in [1.807, 2.05) is 38.1 Å². The lowest BCUT2D eigenvalue weighted by Crippen LogP contribution is -2.42. The highest BCUT2D eigenvalue weighted by molar-refractivity contribution is 9.10. The Morgan fingerprint density at radius 1 is 1.24 bits per heavy atom. The van der Waals surface area contributed by atoms with Crippen molar-refractivity contribution in [2.24, 2.45) is 11.1 Å². The summed E-state index contributed by atoms with van der Waals surface area (Å²) in [4.78, 5) is 25.5. The molecule has 0 unspecified atom stereocenters. The third-order valence-electron chi connectivity index (χ3n) is 5.97. The zero-order valence-corrected chi connectivity index (χ0v) is 19.5. The second-order valence-electron chi connectivity index (χ2n) is 8.92. The monoisotopic (exact) mass is 510 g/mol. The molecule has 4 rings (SSSR count). The summed E-state index contributed by atoms with van der Waals surface area (Å²) >= 11 is 3.40.